The summed E-state index contributed by atoms with van der Waals surface area (Å²) in [7, 11) is 0. The van der Waals surface area contributed by atoms with E-state index in [0.717, 1.165) is 27.9 Å². The summed E-state index contributed by atoms with van der Waals surface area (Å²) in [6.07, 6.45) is -0.0316. The lowest BCUT2D eigenvalue weighted by atomic mass is 10.1. The molecule has 2 heterocycles. The van der Waals surface area contributed by atoms with Crippen molar-refractivity contribution in [3.63, 3.8) is 0 Å². The molecule has 2 N–H and O–H groups in total. The van der Waals surface area contributed by atoms with Gasteiger partial charge in [-0.05, 0) is 55.7 Å². The normalized spacial score (nSPS) is 15.2. The number of halogens is 1. The Morgan fingerprint density at radius 1 is 1.17 bits per heavy atom. The second-order valence-electron chi connectivity index (χ2n) is 7.34. The molecular formula is C22H21FN4O2. The van der Waals surface area contributed by atoms with Crippen molar-refractivity contribution in [2.24, 2.45) is 0 Å². The van der Waals surface area contributed by atoms with Gasteiger partial charge in [-0.25, -0.2) is 9.07 Å². The molecule has 1 atom stereocenters. The van der Waals surface area contributed by atoms with Gasteiger partial charge in [0, 0.05) is 11.3 Å². The van der Waals surface area contributed by atoms with E-state index in [4.69, 9.17) is 0 Å². The Balaban J connectivity index is 1.59. The Morgan fingerprint density at radius 2 is 1.90 bits per heavy atom. The molecule has 3 aromatic rings. The van der Waals surface area contributed by atoms with E-state index in [2.05, 4.69) is 15.7 Å². The zero-order valence-electron chi connectivity index (χ0n) is 16.4. The number of amides is 2. The summed E-state index contributed by atoms with van der Waals surface area (Å²) in [6, 6.07) is 11.1. The summed E-state index contributed by atoms with van der Waals surface area (Å²) in [5.74, 6) is -0.348. The molecule has 1 unspecified atom stereocenters. The van der Waals surface area contributed by atoms with Gasteiger partial charge in [0.15, 0.2) is 0 Å². The lowest BCUT2D eigenvalue weighted by Crippen LogP contribution is -2.24. The minimum absolute atomic E-state index is 0.0316. The van der Waals surface area contributed by atoms with Crippen molar-refractivity contribution in [2.45, 2.75) is 33.2 Å². The van der Waals surface area contributed by atoms with Crippen LogP contribution in [-0.2, 0) is 9.59 Å². The predicted molar refractivity (Wildman–Crippen MR) is 109 cm³/mol. The van der Waals surface area contributed by atoms with E-state index in [9.17, 15) is 14.0 Å². The number of aryl methyl sites for hydroxylation is 3. The maximum absolute atomic E-state index is 13.3. The van der Waals surface area contributed by atoms with Crippen LogP contribution in [0, 0.1) is 26.6 Å². The molecule has 0 saturated carbocycles. The van der Waals surface area contributed by atoms with Crippen molar-refractivity contribution >= 4 is 23.3 Å². The summed E-state index contributed by atoms with van der Waals surface area (Å²) in [6.45, 7) is 5.69. The van der Waals surface area contributed by atoms with Gasteiger partial charge < -0.3 is 10.6 Å². The molecule has 1 aromatic heterocycles. The second-order valence-corrected chi connectivity index (χ2v) is 7.34. The number of benzene rings is 2. The Hall–Kier alpha value is -3.48. The number of carbonyl (C=O) groups excluding carboxylic acids is 2. The zero-order chi connectivity index (χ0) is 20.7. The second kappa shape index (κ2) is 7.16. The van der Waals surface area contributed by atoms with Crippen LogP contribution in [0.5, 0.6) is 0 Å². The molecule has 0 fully saturated rings. The highest BCUT2D eigenvalue weighted by molar-refractivity contribution is 6.04. The molecule has 2 amide bonds. The molecule has 1 aliphatic rings. The molecule has 0 radical (unpaired) electrons. The zero-order valence-corrected chi connectivity index (χ0v) is 16.4. The Kier molecular flexibility index (Phi) is 4.66. The number of aromatic nitrogens is 2. The van der Waals surface area contributed by atoms with Crippen LogP contribution in [0.1, 0.15) is 29.3 Å². The average molecular weight is 392 g/mol. The van der Waals surface area contributed by atoms with Crippen molar-refractivity contribution in [2.75, 3.05) is 10.6 Å². The van der Waals surface area contributed by atoms with E-state index in [1.165, 1.54) is 12.1 Å². The number of rotatable bonds is 4. The van der Waals surface area contributed by atoms with E-state index < -0.39 is 6.04 Å². The van der Waals surface area contributed by atoms with Gasteiger partial charge in [-0.1, -0.05) is 24.3 Å². The first-order chi connectivity index (χ1) is 13.8. The summed E-state index contributed by atoms with van der Waals surface area (Å²) in [5.41, 5.74) is 4.91. The van der Waals surface area contributed by atoms with Gasteiger partial charge in [-0.3, -0.25) is 9.59 Å². The van der Waals surface area contributed by atoms with E-state index in [1.54, 1.807) is 16.8 Å². The van der Waals surface area contributed by atoms with Crippen LogP contribution >= 0.6 is 0 Å². The van der Waals surface area contributed by atoms with Crippen molar-refractivity contribution in [3.05, 3.63) is 65.1 Å². The van der Waals surface area contributed by atoms with Crippen LogP contribution in [0.25, 0.3) is 11.1 Å². The largest absolute Gasteiger partial charge is 0.326 e. The molecule has 0 spiro atoms. The number of anilines is 2. The number of carbonyl (C=O) groups is 2. The van der Waals surface area contributed by atoms with Gasteiger partial charge in [0.1, 0.15) is 17.7 Å². The third-order valence-electron chi connectivity index (χ3n) is 5.10. The summed E-state index contributed by atoms with van der Waals surface area (Å²) < 4.78 is 14.8. The highest BCUT2D eigenvalue weighted by Crippen LogP contribution is 2.38. The lowest BCUT2D eigenvalue weighted by Gasteiger charge is -2.12. The van der Waals surface area contributed by atoms with Crippen LogP contribution in [0.3, 0.4) is 0 Å². The molecule has 4 rings (SSSR count). The SMILES string of the molecule is Cc1ccc(C)c(NC(=O)CC2C(=O)Nc3c(-c4ccc(F)cc4)c(C)nn32)c1. The smallest absolute Gasteiger partial charge is 0.251 e. The third-order valence-corrected chi connectivity index (χ3v) is 5.10. The third kappa shape index (κ3) is 3.51. The maximum atomic E-state index is 13.3. The van der Waals surface area contributed by atoms with Crippen LogP contribution in [0.15, 0.2) is 42.5 Å². The molecule has 1 aliphatic heterocycles. The van der Waals surface area contributed by atoms with E-state index >= 15 is 0 Å². The first-order valence-electron chi connectivity index (χ1n) is 9.36. The molecular weight excluding hydrogens is 371 g/mol. The van der Waals surface area contributed by atoms with Gasteiger partial charge in [-0.2, -0.15) is 5.10 Å². The van der Waals surface area contributed by atoms with Crippen molar-refractivity contribution in [1.29, 1.82) is 0 Å². The number of hydrogen-bond acceptors (Lipinski definition) is 3. The Labute approximate surface area is 167 Å². The monoisotopic (exact) mass is 392 g/mol. The molecule has 0 bridgehead atoms. The van der Waals surface area contributed by atoms with Crippen LogP contribution in [0.2, 0.25) is 0 Å². The molecule has 2 aromatic carbocycles. The fourth-order valence-electron chi connectivity index (χ4n) is 3.59. The highest BCUT2D eigenvalue weighted by atomic mass is 19.1. The van der Waals surface area contributed by atoms with Crippen molar-refractivity contribution < 1.29 is 14.0 Å². The molecule has 0 aliphatic carbocycles. The fraction of sp³-hybridized carbons (Fsp3) is 0.227. The van der Waals surface area contributed by atoms with E-state index in [-0.39, 0.29) is 24.1 Å². The number of nitrogens with one attached hydrogen (secondary N) is 2. The van der Waals surface area contributed by atoms with Gasteiger partial charge in [0.2, 0.25) is 5.91 Å². The fourth-order valence-corrected chi connectivity index (χ4v) is 3.59. The van der Waals surface area contributed by atoms with Crippen LogP contribution in [-0.4, -0.2) is 21.6 Å². The molecule has 7 heteroatoms. The Bertz CT molecular complexity index is 1120. The van der Waals surface area contributed by atoms with E-state index in [0.29, 0.717) is 11.5 Å². The van der Waals surface area contributed by atoms with Crippen LogP contribution in [0.4, 0.5) is 15.9 Å². The van der Waals surface area contributed by atoms with Crippen molar-refractivity contribution in [1.82, 2.24) is 9.78 Å². The van der Waals surface area contributed by atoms with Gasteiger partial charge in [-0.15, -0.1) is 0 Å². The van der Waals surface area contributed by atoms with Gasteiger partial charge in [0.25, 0.3) is 5.91 Å². The van der Waals surface area contributed by atoms with Gasteiger partial charge >= 0.3 is 0 Å². The molecule has 148 valence electrons. The molecule has 0 saturated heterocycles. The average Bonchev–Trinajstić information content (AvgIpc) is 3.13. The molecule has 29 heavy (non-hydrogen) atoms. The minimum Gasteiger partial charge on any atom is -0.326 e. The standard InChI is InChI=1S/C22H21FN4O2/c1-12-4-5-13(2)17(10-12)24-19(28)11-18-22(29)25-21-20(14(3)26-27(18)21)15-6-8-16(23)9-7-15/h4-10,18H,11H2,1-3H3,(H,24,28)(H,25,29). The lowest BCUT2D eigenvalue weighted by molar-refractivity contribution is -0.123. The predicted octanol–water partition coefficient (Wildman–Crippen LogP) is 4.14. The number of nitrogens with zero attached hydrogens (tertiary/aromatic N) is 2. The highest BCUT2D eigenvalue weighted by Gasteiger charge is 2.36. The van der Waals surface area contributed by atoms with E-state index in [1.807, 2.05) is 39.0 Å². The first kappa shape index (κ1) is 18.9. The Morgan fingerprint density at radius 3 is 2.62 bits per heavy atom. The number of hydrogen-bond donors (Lipinski definition) is 2. The summed E-state index contributed by atoms with van der Waals surface area (Å²) >= 11 is 0. The van der Waals surface area contributed by atoms with Crippen molar-refractivity contribution in [3.8, 4) is 11.1 Å². The quantitative estimate of drug-likeness (QED) is 0.701. The topological polar surface area (TPSA) is 76.0 Å². The minimum atomic E-state index is -0.733. The summed E-state index contributed by atoms with van der Waals surface area (Å²) in [4.78, 5) is 25.2. The molecule has 6 nitrogen and oxygen atoms in total. The van der Waals surface area contributed by atoms with Gasteiger partial charge in [0.05, 0.1) is 12.1 Å². The first-order valence-corrected chi connectivity index (χ1v) is 9.36. The number of fused-ring (bicyclic) bond motifs is 1. The maximum Gasteiger partial charge on any atom is 0.251 e. The summed E-state index contributed by atoms with van der Waals surface area (Å²) in [5, 5.41) is 10.2. The van der Waals surface area contributed by atoms with Crippen LogP contribution < -0.4 is 10.6 Å².